The summed E-state index contributed by atoms with van der Waals surface area (Å²) in [6, 6.07) is 10.8. The monoisotopic (exact) mass is 457 g/mol. The van der Waals surface area contributed by atoms with Gasteiger partial charge < -0.3 is 14.8 Å². The molecule has 8 nitrogen and oxygen atoms in total. The molecular formula is C26H31N7O. The van der Waals surface area contributed by atoms with Crippen molar-refractivity contribution in [2.45, 2.75) is 45.3 Å². The second kappa shape index (κ2) is 9.38. The van der Waals surface area contributed by atoms with Gasteiger partial charge in [-0.05, 0) is 51.1 Å². The van der Waals surface area contributed by atoms with Crippen molar-refractivity contribution in [3.05, 3.63) is 81.5 Å². The molecule has 0 saturated carbocycles. The Morgan fingerprint density at radius 1 is 1.15 bits per heavy atom. The zero-order valence-electron chi connectivity index (χ0n) is 20.0. The number of pyridine rings is 2. The van der Waals surface area contributed by atoms with E-state index in [2.05, 4.69) is 56.7 Å². The van der Waals surface area contributed by atoms with E-state index in [4.69, 9.17) is 0 Å². The summed E-state index contributed by atoms with van der Waals surface area (Å²) in [5, 5.41) is 12.6. The Kier molecular flexibility index (Phi) is 6.15. The van der Waals surface area contributed by atoms with Crippen LogP contribution in [0.25, 0.3) is 11.0 Å². The summed E-state index contributed by atoms with van der Waals surface area (Å²) < 4.78 is 3.87. The van der Waals surface area contributed by atoms with Gasteiger partial charge in [-0.15, -0.1) is 5.10 Å². The molecule has 0 bridgehead atoms. The van der Waals surface area contributed by atoms with E-state index in [1.54, 1.807) is 6.20 Å². The summed E-state index contributed by atoms with van der Waals surface area (Å²) in [5.41, 5.74) is 6.09. The van der Waals surface area contributed by atoms with Gasteiger partial charge in [0.2, 0.25) is 0 Å². The maximum absolute atomic E-state index is 13.5. The highest BCUT2D eigenvalue weighted by Gasteiger charge is 2.21. The van der Waals surface area contributed by atoms with E-state index in [-0.39, 0.29) is 5.43 Å². The lowest BCUT2D eigenvalue weighted by molar-refractivity contribution is 0.407. The molecule has 0 atom stereocenters. The minimum Gasteiger partial charge on any atom is -0.380 e. The lowest BCUT2D eigenvalue weighted by atomic mass is 10.1. The first-order valence-electron chi connectivity index (χ1n) is 11.9. The van der Waals surface area contributed by atoms with E-state index in [0.717, 1.165) is 43.7 Å². The SMILES string of the molecule is CCn1cc(Cn2nncc2CCN(C)C)c(=O)c2cc(NC3Cc4ccccc4C3)cnc21. The Morgan fingerprint density at radius 2 is 1.91 bits per heavy atom. The van der Waals surface area contributed by atoms with Crippen molar-refractivity contribution < 1.29 is 0 Å². The molecule has 0 radical (unpaired) electrons. The molecule has 0 amide bonds. The van der Waals surface area contributed by atoms with Crippen LogP contribution < -0.4 is 10.7 Å². The number of hydrogen-bond acceptors (Lipinski definition) is 6. The number of benzene rings is 1. The summed E-state index contributed by atoms with van der Waals surface area (Å²) >= 11 is 0. The number of aromatic nitrogens is 5. The molecule has 176 valence electrons. The molecule has 3 heterocycles. The second-order valence-electron chi connectivity index (χ2n) is 9.32. The third kappa shape index (κ3) is 4.46. The van der Waals surface area contributed by atoms with Gasteiger partial charge >= 0.3 is 0 Å². The van der Waals surface area contributed by atoms with Gasteiger partial charge in [0.05, 0.1) is 35.7 Å². The lowest BCUT2D eigenvalue weighted by Gasteiger charge is -2.16. The van der Waals surface area contributed by atoms with Crippen LogP contribution in [0.15, 0.2) is 53.7 Å². The van der Waals surface area contributed by atoms with E-state index in [0.29, 0.717) is 29.2 Å². The largest absolute Gasteiger partial charge is 0.380 e. The summed E-state index contributed by atoms with van der Waals surface area (Å²) in [5.74, 6) is 0. The Balaban J connectivity index is 1.44. The minimum absolute atomic E-state index is 0.000354. The molecule has 1 aliphatic rings. The molecule has 5 rings (SSSR count). The molecule has 0 unspecified atom stereocenters. The Bertz CT molecular complexity index is 1350. The molecule has 1 aromatic carbocycles. The van der Waals surface area contributed by atoms with Crippen LogP contribution in [0.1, 0.15) is 29.3 Å². The number of hydrogen-bond donors (Lipinski definition) is 1. The van der Waals surface area contributed by atoms with Gasteiger partial charge in [0, 0.05) is 37.3 Å². The number of fused-ring (bicyclic) bond motifs is 2. The third-order valence-corrected chi connectivity index (χ3v) is 6.58. The Morgan fingerprint density at radius 3 is 2.62 bits per heavy atom. The van der Waals surface area contributed by atoms with Crippen LogP contribution in [-0.2, 0) is 32.4 Å². The van der Waals surface area contributed by atoms with Crippen LogP contribution >= 0.6 is 0 Å². The van der Waals surface area contributed by atoms with Gasteiger partial charge in [0.15, 0.2) is 5.43 Å². The van der Waals surface area contributed by atoms with E-state index in [1.165, 1.54) is 11.1 Å². The molecule has 3 aromatic heterocycles. The van der Waals surface area contributed by atoms with Crippen LogP contribution in [0.4, 0.5) is 5.69 Å². The fourth-order valence-electron chi connectivity index (χ4n) is 4.77. The van der Waals surface area contributed by atoms with Gasteiger partial charge in [-0.3, -0.25) is 4.79 Å². The maximum atomic E-state index is 13.5. The van der Waals surface area contributed by atoms with Crippen molar-refractivity contribution in [3.63, 3.8) is 0 Å². The molecule has 4 aromatic rings. The van der Waals surface area contributed by atoms with Gasteiger partial charge in [-0.1, -0.05) is 29.5 Å². The quantitative estimate of drug-likeness (QED) is 0.438. The summed E-state index contributed by atoms with van der Waals surface area (Å²) in [6.45, 7) is 4.09. The number of nitrogens with one attached hydrogen (secondary N) is 1. The fourth-order valence-corrected chi connectivity index (χ4v) is 4.77. The predicted molar refractivity (Wildman–Crippen MR) is 134 cm³/mol. The summed E-state index contributed by atoms with van der Waals surface area (Å²) in [7, 11) is 4.08. The molecular weight excluding hydrogens is 426 g/mol. The molecule has 0 spiro atoms. The average molecular weight is 458 g/mol. The lowest BCUT2D eigenvalue weighted by Crippen LogP contribution is -2.22. The van der Waals surface area contributed by atoms with E-state index in [1.807, 2.05) is 41.8 Å². The first kappa shape index (κ1) is 22.3. The normalized spacial score (nSPS) is 13.6. The number of anilines is 1. The van der Waals surface area contributed by atoms with Crippen molar-refractivity contribution >= 4 is 16.7 Å². The summed E-state index contributed by atoms with van der Waals surface area (Å²) in [4.78, 5) is 20.3. The van der Waals surface area contributed by atoms with E-state index >= 15 is 0 Å². The smallest absolute Gasteiger partial charge is 0.196 e. The summed E-state index contributed by atoms with van der Waals surface area (Å²) in [6.07, 6.45) is 8.33. The first-order valence-corrected chi connectivity index (χ1v) is 11.9. The van der Waals surface area contributed by atoms with Gasteiger partial charge in [0.1, 0.15) is 5.65 Å². The molecule has 1 aliphatic carbocycles. The molecule has 8 heteroatoms. The van der Waals surface area contributed by atoms with Crippen LogP contribution in [0.3, 0.4) is 0 Å². The van der Waals surface area contributed by atoms with Crippen molar-refractivity contribution in [1.29, 1.82) is 0 Å². The zero-order valence-corrected chi connectivity index (χ0v) is 20.0. The van der Waals surface area contributed by atoms with Crippen LogP contribution in [0, 0.1) is 0 Å². The van der Waals surface area contributed by atoms with Gasteiger partial charge in [-0.2, -0.15) is 0 Å². The van der Waals surface area contributed by atoms with Crippen molar-refractivity contribution in [1.82, 2.24) is 29.4 Å². The maximum Gasteiger partial charge on any atom is 0.196 e. The number of likely N-dealkylation sites (N-methyl/N-ethyl adjacent to an activating group) is 1. The highest BCUT2D eigenvalue weighted by atomic mass is 16.1. The highest BCUT2D eigenvalue weighted by Crippen LogP contribution is 2.25. The number of nitrogens with zero attached hydrogens (tertiary/aromatic N) is 6. The van der Waals surface area contributed by atoms with Gasteiger partial charge in [0.25, 0.3) is 0 Å². The van der Waals surface area contributed by atoms with Gasteiger partial charge in [-0.25, -0.2) is 9.67 Å². The van der Waals surface area contributed by atoms with Crippen molar-refractivity contribution in [2.75, 3.05) is 26.0 Å². The van der Waals surface area contributed by atoms with Crippen LogP contribution in [0.2, 0.25) is 0 Å². The Labute approximate surface area is 199 Å². The molecule has 1 N–H and O–H groups in total. The zero-order chi connectivity index (χ0) is 23.7. The fraction of sp³-hybridized carbons (Fsp3) is 0.385. The first-order chi connectivity index (χ1) is 16.5. The molecule has 34 heavy (non-hydrogen) atoms. The molecule has 0 saturated heterocycles. The third-order valence-electron chi connectivity index (χ3n) is 6.58. The Hall–Kier alpha value is -3.52. The second-order valence-corrected chi connectivity index (χ2v) is 9.32. The predicted octanol–water partition coefficient (Wildman–Crippen LogP) is 2.74. The topological polar surface area (TPSA) is 80.9 Å². The highest BCUT2D eigenvalue weighted by molar-refractivity contribution is 5.79. The van der Waals surface area contributed by atoms with E-state index < -0.39 is 0 Å². The van der Waals surface area contributed by atoms with Crippen molar-refractivity contribution in [2.24, 2.45) is 0 Å². The average Bonchev–Trinajstić information content (AvgIpc) is 3.45. The number of rotatable bonds is 8. The molecule has 0 fully saturated rings. The van der Waals surface area contributed by atoms with Crippen molar-refractivity contribution in [3.8, 4) is 0 Å². The number of aryl methyl sites for hydroxylation is 1. The van der Waals surface area contributed by atoms with E-state index in [9.17, 15) is 4.79 Å². The van der Waals surface area contributed by atoms with Crippen LogP contribution in [-0.4, -0.2) is 56.1 Å². The standard InChI is InChI=1S/C26H31N7O/c1-4-32-16-20(17-33-23(15-28-30-33)9-10-31(2)3)25(34)24-13-22(14-27-26(24)32)29-21-11-18-7-5-6-8-19(18)12-21/h5-8,13-16,21,29H,4,9-12,17H2,1-3H3. The minimum atomic E-state index is -0.000354. The molecule has 0 aliphatic heterocycles. The van der Waals surface area contributed by atoms with Crippen LogP contribution in [0.5, 0.6) is 0 Å².